The zero-order chi connectivity index (χ0) is 24.7. The van der Waals surface area contributed by atoms with Crippen LogP contribution in [0.15, 0.2) is 121 Å². The predicted molar refractivity (Wildman–Crippen MR) is 160 cm³/mol. The maximum absolute atomic E-state index is 2.70. The fourth-order valence-electron chi connectivity index (χ4n) is 5.44. The van der Waals surface area contributed by atoms with E-state index < -0.39 is 16.1 Å². The molecule has 0 spiro atoms. The number of nitrogens with zero attached hydrogens (tertiary/aromatic N) is 2. The lowest BCUT2D eigenvalue weighted by Crippen LogP contribution is -2.42. The van der Waals surface area contributed by atoms with E-state index in [9.17, 15) is 0 Å². The fourth-order valence-corrected chi connectivity index (χ4v) is 10.4. The Labute approximate surface area is 219 Å². The van der Waals surface area contributed by atoms with Crippen LogP contribution in [0.4, 0.5) is 0 Å². The summed E-state index contributed by atoms with van der Waals surface area (Å²) >= 11 is 0. The molecule has 0 aliphatic heterocycles. The first-order valence-electron chi connectivity index (χ1n) is 13.0. The van der Waals surface area contributed by atoms with Gasteiger partial charge in [-0.2, -0.15) is 0 Å². The molecule has 0 amide bonds. The zero-order valence-electron chi connectivity index (χ0n) is 21.3. The lowest BCUT2D eigenvalue weighted by atomic mass is 9.91. The molecule has 4 heteroatoms. The minimum Gasteiger partial charge on any atom is -0.275 e. The highest BCUT2D eigenvalue weighted by Gasteiger charge is 2.33. The molecule has 0 radical (unpaired) electrons. The van der Waals surface area contributed by atoms with Crippen LogP contribution in [-0.2, 0) is 0 Å². The Balaban J connectivity index is 1.32. The van der Waals surface area contributed by atoms with Crippen LogP contribution in [0, 0.1) is 0 Å². The predicted octanol–water partition coefficient (Wildman–Crippen LogP) is 6.26. The first-order chi connectivity index (χ1) is 17.7. The summed E-state index contributed by atoms with van der Waals surface area (Å²) in [6.07, 6.45) is 4.99. The molecule has 0 atom stereocenters. The van der Waals surface area contributed by atoms with Crippen LogP contribution >= 0.6 is 16.1 Å². The average molecular weight is 511 g/mol. The molecule has 1 saturated carbocycles. The first kappa shape index (κ1) is 25.3. The highest BCUT2D eigenvalue weighted by molar-refractivity contribution is 7.71. The Morgan fingerprint density at radius 2 is 0.639 bits per heavy atom. The Hall–Kier alpha value is -2.34. The van der Waals surface area contributed by atoms with Crippen molar-refractivity contribution in [2.45, 2.75) is 37.8 Å². The number of benzene rings is 4. The van der Waals surface area contributed by atoms with Crippen LogP contribution in [0.5, 0.6) is 0 Å². The van der Waals surface area contributed by atoms with Crippen LogP contribution in [0.3, 0.4) is 0 Å². The lowest BCUT2D eigenvalue weighted by Gasteiger charge is -2.43. The molecule has 1 aliphatic carbocycles. The van der Waals surface area contributed by atoms with E-state index in [2.05, 4.69) is 145 Å². The zero-order valence-corrected chi connectivity index (χ0v) is 23.1. The van der Waals surface area contributed by atoms with Gasteiger partial charge in [-0.15, -0.1) is 0 Å². The standard InChI is InChI=1S/C32H36N2P2/c1-33(35(29-15-7-3-8-16-29)30-17-9-4-10-18-30)27-23-25-28(26-24-27)34(2)36(31-19-11-5-12-20-31)32-21-13-6-14-22-32/h3-22,27-28H,23-26H2,1-2H3. The maximum Gasteiger partial charge on any atom is 0.0281 e. The van der Waals surface area contributed by atoms with E-state index >= 15 is 0 Å². The monoisotopic (exact) mass is 510 g/mol. The van der Waals surface area contributed by atoms with Crippen LogP contribution < -0.4 is 21.2 Å². The summed E-state index contributed by atoms with van der Waals surface area (Å²) in [5.74, 6) is 0. The average Bonchev–Trinajstić information content (AvgIpc) is 2.96. The van der Waals surface area contributed by atoms with Crippen molar-refractivity contribution in [2.75, 3.05) is 14.1 Å². The van der Waals surface area contributed by atoms with Crippen molar-refractivity contribution in [2.24, 2.45) is 0 Å². The Kier molecular flexibility index (Phi) is 8.63. The van der Waals surface area contributed by atoms with Crippen molar-refractivity contribution in [3.63, 3.8) is 0 Å². The molecule has 0 aromatic heterocycles. The van der Waals surface area contributed by atoms with Crippen molar-refractivity contribution in [3.05, 3.63) is 121 Å². The van der Waals surface area contributed by atoms with Crippen molar-refractivity contribution >= 4 is 37.4 Å². The third-order valence-corrected chi connectivity index (χ3v) is 12.4. The number of rotatable bonds is 8. The molecular formula is C32H36N2P2. The molecule has 0 N–H and O–H groups in total. The Morgan fingerprint density at radius 1 is 0.417 bits per heavy atom. The molecule has 0 saturated heterocycles. The second-order valence-corrected chi connectivity index (χ2v) is 14.2. The van der Waals surface area contributed by atoms with Crippen molar-refractivity contribution < 1.29 is 0 Å². The minimum absolute atomic E-state index is 0.525. The quantitative estimate of drug-likeness (QED) is 0.258. The van der Waals surface area contributed by atoms with Gasteiger partial charge in [-0.1, -0.05) is 121 Å². The van der Waals surface area contributed by atoms with E-state index in [4.69, 9.17) is 0 Å². The second kappa shape index (κ2) is 12.3. The largest absolute Gasteiger partial charge is 0.275 e. The van der Waals surface area contributed by atoms with Crippen molar-refractivity contribution in [1.82, 2.24) is 9.34 Å². The van der Waals surface area contributed by atoms with Gasteiger partial charge in [0.25, 0.3) is 0 Å². The van der Waals surface area contributed by atoms with Crippen LogP contribution in [0.2, 0.25) is 0 Å². The Bertz CT molecular complexity index is 1000. The third-order valence-electron chi connectivity index (χ3n) is 7.36. The summed E-state index contributed by atoms with van der Waals surface area (Å²) in [7, 11) is 3.67. The molecule has 184 valence electrons. The molecule has 4 aromatic rings. The van der Waals surface area contributed by atoms with Gasteiger partial charge in [0, 0.05) is 28.2 Å². The van der Waals surface area contributed by atoms with Gasteiger partial charge in [-0.25, -0.2) is 0 Å². The molecular weight excluding hydrogens is 474 g/mol. The summed E-state index contributed by atoms with van der Waals surface area (Å²) in [5.41, 5.74) is 0. The summed E-state index contributed by atoms with van der Waals surface area (Å²) in [5, 5.41) is 5.77. The van der Waals surface area contributed by atoms with E-state index in [1.165, 1.54) is 46.9 Å². The van der Waals surface area contributed by atoms with E-state index in [1.807, 2.05) is 0 Å². The molecule has 5 rings (SSSR count). The second-order valence-electron chi connectivity index (χ2n) is 9.58. The van der Waals surface area contributed by atoms with Crippen LogP contribution in [-0.4, -0.2) is 35.5 Å². The van der Waals surface area contributed by atoms with E-state index in [-0.39, 0.29) is 0 Å². The molecule has 4 aromatic carbocycles. The van der Waals surface area contributed by atoms with Gasteiger partial charge in [0.05, 0.1) is 0 Å². The highest BCUT2D eigenvalue weighted by atomic mass is 31.1. The van der Waals surface area contributed by atoms with Crippen LogP contribution in [0.25, 0.3) is 0 Å². The normalized spacial score (nSPS) is 18.3. The van der Waals surface area contributed by atoms with Gasteiger partial charge in [0.15, 0.2) is 0 Å². The van der Waals surface area contributed by atoms with Gasteiger partial charge in [-0.3, -0.25) is 9.34 Å². The van der Waals surface area contributed by atoms with Crippen molar-refractivity contribution in [1.29, 1.82) is 0 Å². The van der Waals surface area contributed by atoms with Gasteiger partial charge in [-0.05, 0) is 61.0 Å². The minimum atomic E-state index is -0.525. The van der Waals surface area contributed by atoms with E-state index in [0.29, 0.717) is 12.1 Å². The van der Waals surface area contributed by atoms with E-state index in [0.717, 1.165) is 0 Å². The number of hydrogen-bond donors (Lipinski definition) is 0. The number of hydrogen-bond acceptors (Lipinski definition) is 2. The van der Waals surface area contributed by atoms with Gasteiger partial charge in [0.2, 0.25) is 0 Å². The summed E-state index contributed by atoms with van der Waals surface area (Å²) < 4.78 is 5.40. The summed E-state index contributed by atoms with van der Waals surface area (Å²) in [6.45, 7) is 0. The highest BCUT2D eigenvalue weighted by Crippen LogP contribution is 2.45. The molecule has 36 heavy (non-hydrogen) atoms. The smallest absolute Gasteiger partial charge is 0.0281 e. The molecule has 0 bridgehead atoms. The molecule has 2 nitrogen and oxygen atoms in total. The van der Waals surface area contributed by atoms with Gasteiger partial charge >= 0.3 is 0 Å². The Morgan fingerprint density at radius 3 is 0.861 bits per heavy atom. The molecule has 1 fully saturated rings. The topological polar surface area (TPSA) is 6.48 Å². The fraction of sp³-hybridized carbons (Fsp3) is 0.250. The summed E-state index contributed by atoms with van der Waals surface area (Å²) in [4.78, 5) is 0. The lowest BCUT2D eigenvalue weighted by molar-refractivity contribution is 0.224. The van der Waals surface area contributed by atoms with Crippen LogP contribution in [0.1, 0.15) is 25.7 Å². The molecule has 1 aliphatic rings. The maximum atomic E-state index is 2.70. The molecule has 0 heterocycles. The third kappa shape index (κ3) is 5.80. The van der Waals surface area contributed by atoms with E-state index in [1.54, 1.807) is 0 Å². The summed E-state index contributed by atoms with van der Waals surface area (Å²) in [6, 6.07) is 45.6. The first-order valence-corrected chi connectivity index (χ1v) is 15.6. The van der Waals surface area contributed by atoms with Gasteiger partial charge in [0.1, 0.15) is 0 Å². The molecule has 0 unspecified atom stereocenters. The van der Waals surface area contributed by atoms with Gasteiger partial charge < -0.3 is 0 Å². The van der Waals surface area contributed by atoms with Crippen molar-refractivity contribution in [3.8, 4) is 0 Å². The SMILES string of the molecule is CN(C1CCC(N(C)P(c2ccccc2)c2ccccc2)CC1)P(c1ccccc1)c1ccccc1.